The minimum absolute atomic E-state index is 0.109. The van der Waals surface area contributed by atoms with Gasteiger partial charge in [-0.1, -0.05) is 40.7 Å². The first-order valence-corrected chi connectivity index (χ1v) is 7.66. The Labute approximate surface area is 134 Å². The van der Waals surface area contributed by atoms with Crippen LogP contribution < -0.4 is 4.74 Å². The molecule has 1 aromatic carbocycles. The van der Waals surface area contributed by atoms with E-state index in [0.717, 1.165) is 15.6 Å². The summed E-state index contributed by atoms with van der Waals surface area (Å²) >= 11 is 3.31. The number of carbonyl (C=O) groups excluding carboxylic acids is 1. The lowest BCUT2D eigenvalue weighted by atomic mass is 10.1. The van der Waals surface area contributed by atoms with E-state index < -0.39 is 0 Å². The molecule has 0 N–H and O–H groups in total. The average Bonchev–Trinajstić information content (AvgIpc) is 2.40. The molecule has 0 radical (unpaired) electrons. The molecule has 0 bridgehead atoms. The summed E-state index contributed by atoms with van der Waals surface area (Å²) in [6, 6.07) is 7.51. The maximum atomic E-state index is 11.6. The molecule has 4 heteroatoms. The maximum absolute atomic E-state index is 11.6. The van der Waals surface area contributed by atoms with E-state index in [4.69, 9.17) is 9.47 Å². The van der Waals surface area contributed by atoms with Crippen molar-refractivity contribution in [2.45, 2.75) is 33.3 Å². The lowest BCUT2D eigenvalue weighted by Gasteiger charge is -2.18. The Balaban J connectivity index is 2.84. The molecule has 0 heterocycles. The standard InChI is InChI=1S/C17H21BrO3/c1-5-20-17(19)11-15-8-6-7-9-16(15)21-14(4)12(2)10-13(3)18/h6-10,14H,3,5,11H2,1-2,4H3/b12-10+. The molecular weight excluding hydrogens is 332 g/mol. The highest BCUT2D eigenvalue weighted by Gasteiger charge is 2.13. The van der Waals surface area contributed by atoms with Gasteiger partial charge < -0.3 is 9.47 Å². The molecule has 1 atom stereocenters. The number of esters is 1. The second-order valence-corrected chi connectivity index (χ2v) is 5.70. The number of rotatable bonds is 7. The molecule has 0 aliphatic heterocycles. The van der Waals surface area contributed by atoms with E-state index in [9.17, 15) is 4.79 Å². The van der Waals surface area contributed by atoms with Crippen LogP contribution in [0.5, 0.6) is 5.75 Å². The highest BCUT2D eigenvalue weighted by Crippen LogP contribution is 2.23. The van der Waals surface area contributed by atoms with E-state index in [1.165, 1.54) is 0 Å². The van der Waals surface area contributed by atoms with Crippen LogP contribution in [-0.2, 0) is 16.0 Å². The average molecular weight is 353 g/mol. The molecule has 1 unspecified atom stereocenters. The predicted octanol–water partition coefficient (Wildman–Crippen LogP) is 4.41. The quantitative estimate of drug-likeness (QED) is 0.538. The van der Waals surface area contributed by atoms with Crippen LogP contribution in [0.15, 0.2) is 47.0 Å². The summed E-state index contributed by atoms with van der Waals surface area (Å²) in [5.41, 5.74) is 1.87. The van der Waals surface area contributed by atoms with Crippen molar-refractivity contribution < 1.29 is 14.3 Å². The van der Waals surface area contributed by atoms with Crippen molar-refractivity contribution in [3.8, 4) is 5.75 Å². The van der Waals surface area contributed by atoms with E-state index in [-0.39, 0.29) is 18.5 Å². The Morgan fingerprint density at radius 1 is 1.43 bits per heavy atom. The van der Waals surface area contributed by atoms with Gasteiger partial charge in [-0.25, -0.2) is 0 Å². The number of carbonyl (C=O) groups is 1. The number of hydrogen-bond acceptors (Lipinski definition) is 3. The van der Waals surface area contributed by atoms with Crippen molar-refractivity contribution in [2.75, 3.05) is 6.61 Å². The van der Waals surface area contributed by atoms with Gasteiger partial charge in [-0.05, 0) is 38.5 Å². The molecule has 114 valence electrons. The number of halogens is 1. The summed E-state index contributed by atoms with van der Waals surface area (Å²) in [6.07, 6.45) is 2.02. The van der Waals surface area contributed by atoms with Crippen molar-refractivity contribution in [2.24, 2.45) is 0 Å². The molecule has 0 amide bonds. The molecule has 0 aromatic heterocycles. The zero-order valence-electron chi connectivity index (χ0n) is 12.7. The second-order valence-electron chi connectivity index (χ2n) is 4.68. The van der Waals surface area contributed by atoms with E-state index in [2.05, 4.69) is 22.5 Å². The largest absolute Gasteiger partial charge is 0.486 e. The van der Waals surface area contributed by atoms with Crippen LogP contribution in [0.2, 0.25) is 0 Å². The highest BCUT2D eigenvalue weighted by atomic mass is 79.9. The number of hydrogen-bond donors (Lipinski definition) is 0. The van der Waals surface area contributed by atoms with Gasteiger partial charge in [0.05, 0.1) is 13.0 Å². The van der Waals surface area contributed by atoms with Crippen molar-refractivity contribution >= 4 is 21.9 Å². The van der Waals surface area contributed by atoms with Gasteiger partial charge >= 0.3 is 5.97 Å². The number of para-hydroxylation sites is 1. The van der Waals surface area contributed by atoms with Crippen molar-refractivity contribution in [1.82, 2.24) is 0 Å². The summed E-state index contributed by atoms with van der Waals surface area (Å²) in [5, 5.41) is 0. The Morgan fingerprint density at radius 3 is 2.71 bits per heavy atom. The predicted molar refractivity (Wildman–Crippen MR) is 88.7 cm³/mol. The smallest absolute Gasteiger partial charge is 0.310 e. The van der Waals surface area contributed by atoms with Crippen molar-refractivity contribution in [1.29, 1.82) is 0 Å². The molecule has 0 aliphatic rings. The zero-order valence-corrected chi connectivity index (χ0v) is 14.3. The van der Waals surface area contributed by atoms with Gasteiger partial charge in [0, 0.05) is 10.0 Å². The van der Waals surface area contributed by atoms with Crippen LogP contribution in [0.1, 0.15) is 26.3 Å². The third-order valence-corrected chi connectivity index (χ3v) is 3.17. The molecule has 0 spiro atoms. The van der Waals surface area contributed by atoms with Gasteiger partial charge in [-0.3, -0.25) is 4.79 Å². The van der Waals surface area contributed by atoms with Gasteiger partial charge in [0.2, 0.25) is 0 Å². The van der Waals surface area contributed by atoms with Crippen molar-refractivity contribution in [3.63, 3.8) is 0 Å². The molecule has 1 aromatic rings. The molecule has 0 fully saturated rings. The normalized spacial score (nSPS) is 12.7. The highest BCUT2D eigenvalue weighted by molar-refractivity contribution is 9.11. The SMILES string of the molecule is C=C(Br)/C=C(\C)C(C)Oc1ccccc1CC(=O)OCC. The van der Waals surface area contributed by atoms with Gasteiger partial charge in [0.1, 0.15) is 11.9 Å². The topological polar surface area (TPSA) is 35.5 Å². The molecule has 0 saturated heterocycles. The van der Waals surface area contributed by atoms with Crippen LogP contribution in [0.3, 0.4) is 0 Å². The first-order chi connectivity index (χ1) is 9.93. The summed E-state index contributed by atoms with van der Waals surface area (Å²) < 4.78 is 11.7. The van der Waals surface area contributed by atoms with Gasteiger partial charge in [-0.2, -0.15) is 0 Å². The molecule has 0 saturated carbocycles. The lowest BCUT2D eigenvalue weighted by molar-refractivity contribution is -0.142. The summed E-state index contributed by atoms with van der Waals surface area (Å²) in [6.45, 7) is 9.90. The fourth-order valence-electron chi connectivity index (χ4n) is 1.78. The summed E-state index contributed by atoms with van der Waals surface area (Å²) in [4.78, 5) is 11.6. The molecule has 3 nitrogen and oxygen atoms in total. The Hall–Kier alpha value is -1.55. The number of benzene rings is 1. The Morgan fingerprint density at radius 2 is 2.10 bits per heavy atom. The van der Waals surface area contributed by atoms with Crippen LogP contribution in [0, 0.1) is 0 Å². The monoisotopic (exact) mass is 352 g/mol. The summed E-state index contributed by atoms with van der Waals surface area (Å²) in [5.74, 6) is 0.452. The zero-order chi connectivity index (χ0) is 15.8. The maximum Gasteiger partial charge on any atom is 0.310 e. The third kappa shape index (κ3) is 6.17. The van der Waals surface area contributed by atoms with Crippen molar-refractivity contribution in [3.05, 3.63) is 52.5 Å². The van der Waals surface area contributed by atoms with Gasteiger partial charge in [-0.15, -0.1) is 0 Å². The van der Waals surface area contributed by atoms with E-state index >= 15 is 0 Å². The fourth-order valence-corrected chi connectivity index (χ4v) is 2.14. The third-order valence-electron chi connectivity index (χ3n) is 2.94. The minimum Gasteiger partial charge on any atom is -0.486 e. The molecular formula is C17H21BrO3. The van der Waals surface area contributed by atoms with Crippen LogP contribution in [-0.4, -0.2) is 18.7 Å². The first kappa shape index (κ1) is 17.5. The van der Waals surface area contributed by atoms with Crippen LogP contribution >= 0.6 is 15.9 Å². The van der Waals surface area contributed by atoms with Gasteiger partial charge in [0.25, 0.3) is 0 Å². The first-order valence-electron chi connectivity index (χ1n) is 6.86. The Kier molecular flexibility index (Phi) is 7.23. The molecule has 0 aliphatic carbocycles. The fraction of sp³-hybridized carbons (Fsp3) is 0.353. The van der Waals surface area contributed by atoms with E-state index in [1.807, 2.05) is 44.2 Å². The van der Waals surface area contributed by atoms with E-state index in [1.54, 1.807) is 6.92 Å². The molecule has 21 heavy (non-hydrogen) atoms. The molecule has 1 rings (SSSR count). The van der Waals surface area contributed by atoms with Crippen LogP contribution in [0.4, 0.5) is 0 Å². The number of ether oxygens (including phenoxy) is 2. The van der Waals surface area contributed by atoms with Gasteiger partial charge in [0.15, 0.2) is 0 Å². The van der Waals surface area contributed by atoms with Crippen LogP contribution in [0.25, 0.3) is 0 Å². The Bertz CT molecular complexity index is 535. The second kappa shape index (κ2) is 8.67. The number of allylic oxidation sites excluding steroid dienone is 2. The minimum atomic E-state index is -0.248. The lowest BCUT2D eigenvalue weighted by Crippen LogP contribution is -2.15. The van der Waals surface area contributed by atoms with E-state index in [0.29, 0.717) is 12.4 Å². The summed E-state index contributed by atoms with van der Waals surface area (Å²) in [7, 11) is 0.